The molecule has 0 heterocycles. The summed E-state index contributed by atoms with van der Waals surface area (Å²) in [5, 5.41) is 8.88. The van der Waals surface area contributed by atoms with Gasteiger partial charge in [-0.25, -0.2) is 4.79 Å². The Morgan fingerprint density at radius 1 is 0.818 bits per heavy atom. The van der Waals surface area contributed by atoms with Crippen LogP contribution in [0, 0.1) is 0 Å². The molecule has 0 aliphatic carbocycles. The fourth-order valence-corrected chi connectivity index (χ4v) is 3.68. The summed E-state index contributed by atoms with van der Waals surface area (Å²) in [6.45, 7) is 4.08. The fourth-order valence-electron chi connectivity index (χ4n) is 3.68. The van der Waals surface area contributed by atoms with Gasteiger partial charge in [0, 0.05) is 12.5 Å². The predicted molar refractivity (Wildman–Crippen MR) is 133 cm³/mol. The largest absolute Gasteiger partial charge is 0.478 e. The minimum absolute atomic E-state index is 0.232. The van der Waals surface area contributed by atoms with Crippen LogP contribution in [0.5, 0.6) is 5.75 Å². The first-order chi connectivity index (χ1) is 16.0. The van der Waals surface area contributed by atoms with Crippen LogP contribution in [0.15, 0.2) is 84.9 Å². The first-order valence-electron chi connectivity index (χ1n) is 11.1. The highest BCUT2D eigenvalue weighted by molar-refractivity contribution is 5.98. The van der Waals surface area contributed by atoms with Crippen molar-refractivity contribution in [3.05, 3.63) is 107 Å². The Balaban J connectivity index is 2.06. The molecule has 0 saturated carbocycles. The molecule has 3 aromatic carbocycles. The zero-order valence-electron chi connectivity index (χ0n) is 19.0. The third-order valence-corrected chi connectivity index (χ3v) is 5.22. The highest BCUT2D eigenvalue weighted by atomic mass is 16.5. The molecule has 0 spiro atoms. The molecule has 4 heteroatoms. The molecule has 4 nitrogen and oxygen atoms in total. The maximum absolute atomic E-state index is 11.8. The number of hydrogen-bond acceptors (Lipinski definition) is 3. The molecular weight excluding hydrogens is 412 g/mol. The molecule has 3 aromatic rings. The topological polar surface area (TPSA) is 63.6 Å². The Labute approximate surface area is 194 Å². The number of rotatable bonds is 9. The zero-order chi connectivity index (χ0) is 23.6. The maximum atomic E-state index is 11.8. The molecule has 0 atom stereocenters. The average molecular weight is 441 g/mol. The molecule has 0 aliphatic rings. The van der Waals surface area contributed by atoms with Crippen LogP contribution in [-0.2, 0) is 9.59 Å². The minimum atomic E-state index is -0.975. The van der Waals surface area contributed by atoms with E-state index in [4.69, 9.17) is 9.84 Å². The van der Waals surface area contributed by atoms with Gasteiger partial charge in [-0.1, -0.05) is 80.6 Å². The van der Waals surface area contributed by atoms with E-state index in [-0.39, 0.29) is 5.97 Å². The van der Waals surface area contributed by atoms with Gasteiger partial charge in [0.1, 0.15) is 5.75 Å². The summed E-state index contributed by atoms with van der Waals surface area (Å²) >= 11 is 0. The summed E-state index contributed by atoms with van der Waals surface area (Å²) in [7, 11) is 0. The van der Waals surface area contributed by atoms with Crippen molar-refractivity contribution in [2.75, 3.05) is 0 Å². The number of esters is 1. The van der Waals surface area contributed by atoms with E-state index in [9.17, 15) is 9.59 Å². The summed E-state index contributed by atoms with van der Waals surface area (Å²) in [5.41, 5.74) is 6.28. The quantitative estimate of drug-likeness (QED) is 0.171. The number of benzene rings is 3. The second-order valence-corrected chi connectivity index (χ2v) is 7.62. The lowest BCUT2D eigenvalue weighted by Crippen LogP contribution is -2.06. The van der Waals surface area contributed by atoms with Gasteiger partial charge in [-0.2, -0.15) is 0 Å². The SMILES string of the molecule is CCCC(=O)Oc1ccc(/C(=C(\CC)c2ccccc2)c2ccc(/C=C/C(=O)O)cc2)cc1. The fraction of sp³-hybridized carbons (Fsp3) is 0.172. The van der Waals surface area contributed by atoms with Crippen LogP contribution in [0.3, 0.4) is 0 Å². The van der Waals surface area contributed by atoms with E-state index in [2.05, 4.69) is 19.1 Å². The molecule has 0 amide bonds. The highest BCUT2D eigenvalue weighted by Crippen LogP contribution is 2.35. The lowest BCUT2D eigenvalue weighted by Gasteiger charge is -2.17. The van der Waals surface area contributed by atoms with Crippen LogP contribution in [0.25, 0.3) is 17.2 Å². The lowest BCUT2D eigenvalue weighted by atomic mass is 9.88. The third kappa shape index (κ3) is 6.53. The number of aliphatic carboxylic acids is 1. The van der Waals surface area contributed by atoms with Crippen LogP contribution < -0.4 is 4.74 Å². The Morgan fingerprint density at radius 3 is 1.97 bits per heavy atom. The molecule has 0 bridgehead atoms. The third-order valence-electron chi connectivity index (χ3n) is 5.22. The number of hydrogen-bond donors (Lipinski definition) is 1. The van der Waals surface area contributed by atoms with Gasteiger partial charge < -0.3 is 9.84 Å². The first-order valence-corrected chi connectivity index (χ1v) is 11.1. The van der Waals surface area contributed by atoms with Crippen molar-refractivity contribution in [2.45, 2.75) is 33.1 Å². The number of allylic oxidation sites excluding steroid dienone is 1. The number of carboxylic acids is 1. The lowest BCUT2D eigenvalue weighted by molar-refractivity contribution is -0.134. The van der Waals surface area contributed by atoms with E-state index in [1.807, 2.05) is 73.7 Å². The van der Waals surface area contributed by atoms with Crippen LogP contribution >= 0.6 is 0 Å². The molecule has 33 heavy (non-hydrogen) atoms. The molecular formula is C29H28O4. The van der Waals surface area contributed by atoms with Crippen molar-refractivity contribution in [3.63, 3.8) is 0 Å². The molecule has 168 valence electrons. The molecule has 0 aromatic heterocycles. The van der Waals surface area contributed by atoms with Gasteiger partial charge in [0.15, 0.2) is 0 Å². The summed E-state index contributed by atoms with van der Waals surface area (Å²) in [6, 6.07) is 25.7. The van der Waals surface area contributed by atoms with Gasteiger partial charge in [0.25, 0.3) is 0 Å². The summed E-state index contributed by atoms with van der Waals surface area (Å²) in [5.74, 6) is -0.676. The second-order valence-electron chi connectivity index (χ2n) is 7.62. The summed E-state index contributed by atoms with van der Waals surface area (Å²) in [4.78, 5) is 22.7. The van der Waals surface area contributed by atoms with Crippen molar-refractivity contribution in [2.24, 2.45) is 0 Å². The van der Waals surface area contributed by atoms with Crippen LogP contribution in [-0.4, -0.2) is 17.0 Å². The van der Waals surface area contributed by atoms with Gasteiger partial charge in [-0.05, 0) is 64.5 Å². The Morgan fingerprint density at radius 2 is 1.42 bits per heavy atom. The number of carboxylic acid groups (broad SMARTS) is 1. The average Bonchev–Trinajstić information content (AvgIpc) is 2.83. The Bertz CT molecular complexity index is 1140. The van der Waals surface area contributed by atoms with Crippen molar-refractivity contribution >= 4 is 29.2 Å². The summed E-state index contributed by atoms with van der Waals surface area (Å²) < 4.78 is 5.42. The predicted octanol–water partition coefficient (Wildman–Crippen LogP) is 6.86. The first kappa shape index (κ1) is 23.7. The van der Waals surface area contributed by atoms with Gasteiger partial charge in [-0.3, -0.25) is 4.79 Å². The molecule has 0 unspecified atom stereocenters. The number of carbonyl (C=O) groups is 2. The van der Waals surface area contributed by atoms with Crippen LogP contribution in [0.4, 0.5) is 0 Å². The molecule has 0 radical (unpaired) electrons. The van der Waals surface area contributed by atoms with Crippen molar-refractivity contribution in [3.8, 4) is 5.75 Å². The number of carbonyl (C=O) groups excluding carboxylic acids is 1. The van der Waals surface area contributed by atoms with Crippen molar-refractivity contribution < 1.29 is 19.4 Å². The van der Waals surface area contributed by atoms with E-state index in [1.165, 1.54) is 5.57 Å². The van der Waals surface area contributed by atoms with Crippen molar-refractivity contribution in [1.82, 2.24) is 0 Å². The zero-order valence-corrected chi connectivity index (χ0v) is 19.0. The van der Waals surface area contributed by atoms with E-state index in [1.54, 1.807) is 6.08 Å². The van der Waals surface area contributed by atoms with E-state index in [0.29, 0.717) is 12.2 Å². The smallest absolute Gasteiger partial charge is 0.328 e. The molecule has 0 fully saturated rings. The van der Waals surface area contributed by atoms with E-state index < -0.39 is 5.97 Å². The van der Waals surface area contributed by atoms with E-state index in [0.717, 1.165) is 46.7 Å². The molecule has 0 aliphatic heterocycles. The Kier molecular flexibility index (Phi) is 8.36. The maximum Gasteiger partial charge on any atom is 0.328 e. The van der Waals surface area contributed by atoms with Gasteiger partial charge >= 0.3 is 11.9 Å². The second kappa shape index (κ2) is 11.6. The molecule has 0 saturated heterocycles. The van der Waals surface area contributed by atoms with Gasteiger partial charge in [0.2, 0.25) is 0 Å². The van der Waals surface area contributed by atoms with Gasteiger partial charge in [-0.15, -0.1) is 0 Å². The standard InChI is InChI=1S/C29H28O4/c1-3-8-28(32)33-25-18-16-24(17-19-25)29(26(4-2)22-9-6-5-7-10-22)23-14-11-21(12-15-23)13-20-27(30)31/h5-7,9-20H,3-4,8H2,1-2H3,(H,30,31)/b20-13+,29-26+. The highest BCUT2D eigenvalue weighted by Gasteiger charge is 2.14. The monoisotopic (exact) mass is 440 g/mol. The molecule has 1 N–H and O–H groups in total. The van der Waals surface area contributed by atoms with Crippen LogP contribution in [0.2, 0.25) is 0 Å². The summed E-state index contributed by atoms with van der Waals surface area (Å²) in [6.07, 6.45) is 4.67. The molecule has 3 rings (SSSR count). The Hall–Kier alpha value is -3.92. The number of ether oxygens (including phenoxy) is 1. The van der Waals surface area contributed by atoms with Crippen molar-refractivity contribution in [1.29, 1.82) is 0 Å². The van der Waals surface area contributed by atoms with Gasteiger partial charge in [0.05, 0.1) is 0 Å². The normalized spacial score (nSPS) is 11.8. The minimum Gasteiger partial charge on any atom is -0.478 e. The van der Waals surface area contributed by atoms with Crippen LogP contribution in [0.1, 0.15) is 55.4 Å². The van der Waals surface area contributed by atoms with E-state index >= 15 is 0 Å².